The fourth-order valence-corrected chi connectivity index (χ4v) is 4.19. The molecule has 2 aromatic carbocycles. The van der Waals surface area contributed by atoms with Gasteiger partial charge in [-0.25, -0.2) is 14.4 Å². The lowest BCUT2D eigenvalue weighted by molar-refractivity contribution is -0.118. The first-order chi connectivity index (χ1) is 14.2. The third-order valence-corrected chi connectivity index (χ3v) is 5.85. The molecule has 0 spiro atoms. The van der Waals surface area contributed by atoms with Crippen LogP contribution in [0.4, 0.5) is 4.39 Å². The molecule has 1 amide bonds. The highest BCUT2D eigenvalue weighted by molar-refractivity contribution is 8.00. The van der Waals surface area contributed by atoms with Crippen LogP contribution in [0.15, 0.2) is 71.3 Å². The molecule has 2 heterocycles. The number of benzene rings is 2. The summed E-state index contributed by atoms with van der Waals surface area (Å²) in [4.78, 5) is 21.6. The van der Waals surface area contributed by atoms with E-state index in [1.807, 2.05) is 35.7 Å². The summed E-state index contributed by atoms with van der Waals surface area (Å²) < 4.78 is 18.6. The van der Waals surface area contributed by atoms with Crippen molar-refractivity contribution in [3.8, 4) is 11.5 Å². The van der Waals surface area contributed by atoms with Crippen LogP contribution in [0.25, 0.3) is 10.2 Å². The SMILES string of the molecule is O=C(CSc1ncnc2sccc12)NCc1ccc(Oc2ccc(F)cc2)cc1. The molecular weight excluding hydrogens is 409 g/mol. The highest BCUT2D eigenvalue weighted by Crippen LogP contribution is 2.27. The van der Waals surface area contributed by atoms with Gasteiger partial charge in [-0.3, -0.25) is 4.79 Å². The minimum absolute atomic E-state index is 0.0661. The number of rotatable bonds is 7. The molecular formula is C21H16FN3O2S2. The van der Waals surface area contributed by atoms with Crippen molar-refractivity contribution in [2.75, 3.05) is 5.75 Å². The number of ether oxygens (including phenoxy) is 1. The summed E-state index contributed by atoms with van der Waals surface area (Å²) in [5.74, 6) is 1.12. The van der Waals surface area contributed by atoms with Crippen molar-refractivity contribution in [3.05, 3.63) is 77.7 Å². The van der Waals surface area contributed by atoms with Crippen molar-refractivity contribution >= 4 is 39.2 Å². The van der Waals surface area contributed by atoms with Gasteiger partial charge >= 0.3 is 0 Å². The van der Waals surface area contributed by atoms with Crippen LogP contribution >= 0.6 is 23.1 Å². The number of amides is 1. The largest absolute Gasteiger partial charge is 0.457 e. The van der Waals surface area contributed by atoms with Gasteiger partial charge in [-0.1, -0.05) is 23.9 Å². The van der Waals surface area contributed by atoms with Crippen LogP contribution in [0.1, 0.15) is 5.56 Å². The van der Waals surface area contributed by atoms with E-state index in [0.29, 0.717) is 18.0 Å². The Kier molecular flexibility index (Phi) is 6.02. The molecule has 4 aromatic rings. The Bertz CT molecular complexity index is 1110. The number of thioether (sulfide) groups is 1. The fourth-order valence-electron chi connectivity index (χ4n) is 2.58. The second-order valence-corrected chi connectivity index (χ2v) is 7.94. The van der Waals surface area contributed by atoms with E-state index in [1.165, 1.54) is 30.2 Å². The van der Waals surface area contributed by atoms with E-state index in [2.05, 4.69) is 15.3 Å². The molecule has 0 aliphatic heterocycles. The number of thiophene rings is 1. The summed E-state index contributed by atoms with van der Waals surface area (Å²) in [5, 5.41) is 6.66. The van der Waals surface area contributed by atoms with Crippen molar-refractivity contribution in [1.82, 2.24) is 15.3 Å². The molecule has 0 aliphatic carbocycles. The monoisotopic (exact) mass is 425 g/mol. The minimum Gasteiger partial charge on any atom is -0.457 e. The Hall–Kier alpha value is -2.97. The lowest BCUT2D eigenvalue weighted by atomic mass is 10.2. The first-order valence-corrected chi connectivity index (χ1v) is 10.6. The molecule has 8 heteroatoms. The molecule has 0 saturated carbocycles. The summed E-state index contributed by atoms with van der Waals surface area (Å²) in [7, 11) is 0. The zero-order valence-corrected chi connectivity index (χ0v) is 16.8. The van der Waals surface area contributed by atoms with Crippen molar-refractivity contribution < 1.29 is 13.9 Å². The third-order valence-electron chi connectivity index (χ3n) is 4.03. The summed E-state index contributed by atoms with van der Waals surface area (Å²) in [6, 6.07) is 15.2. The maximum Gasteiger partial charge on any atom is 0.230 e. The zero-order chi connectivity index (χ0) is 20.1. The van der Waals surface area contributed by atoms with E-state index in [1.54, 1.807) is 23.5 Å². The molecule has 2 aromatic heterocycles. The van der Waals surface area contributed by atoms with E-state index in [9.17, 15) is 9.18 Å². The third kappa shape index (κ3) is 5.10. The van der Waals surface area contributed by atoms with Crippen LogP contribution in [0, 0.1) is 5.82 Å². The molecule has 0 fully saturated rings. The summed E-state index contributed by atoms with van der Waals surface area (Å²) in [6.07, 6.45) is 1.52. The average Bonchev–Trinajstić information content (AvgIpc) is 3.23. The number of carbonyl (C=O) groups excluding carboxylic acids is 1. The number of nitrogens with zero attached hydrogens (tertiary/aromatic N) is 2. The number of hydrogen-bond donors (Lipinski definition) is 1. The van der Waals surface area contributed by atoms with E-state index in [0.717, 1.165) is 20.8 Å². The Morgan fingerprint density at radius 2 is 1.76 bits per heavy atom. The van der Waals surface area contributed by atoms with E-state index in [4.69, 9.17) is 4.74 Å². The van der Waals surface area contributed by atoms with Crippen LogP contribution in [-0.2, 0) is 11.3 Å². The van der Waals surface area contributed by atoms with Gasteiger partial charge in [-0.2, -0.15) is 0 Å². The normalized spacial score (nSPS) is 10.8. The predicted octanol–water partition coefficient (Wildman–Crippen LogP) is 5.03. The van der Waals surface area contributed by atoms with Gasteiger partial charge in [0.05, 0.1) is 5.75 Å². The van der Waals surface area contributed by atoms with Gasteiger partial charge in [0.2, 0.25) is 5.91 Å². The first kappa shape index (κ1) is 19.4. The molecule has 0 saturated heterocycles. The highest BCUT2D eigenvalue weighted by Gasteiger charge is 2.09. The standard InChI is InChI=1S/C21H16FN3O2S2/c22-15-3-7-17(8-4-15)27-16-5-1-14(2-6-16)11-23-19(26)12-29-21-18-9-10-28-20(18)24-13-25-21/h1-10,13H,11-12H2,(H,23,26). The average molecular weight is 426 g/mol. The highest BCUT2D eigenvalue weighted by atomic mass is 32.2. The Balaban J connectivity index is 1.27. The quantitative estimate of drug-likeness (QED) is 0.332. The van der Waals surface area contributed by atoms with Crippen molar-refractivity contribution in [2.24, 2.45) is 0 Å². The van der Waals surface area contributed by atoms with E-state index < -0.39 is 0 Å². The Labute approximate surface area is 175 Å². The van der Waals surface area contributed by atoms with Gasteiger partial charge < -0.3 is 10.1 Å². The van der Waals surface area contributed by atoms with Crippen LogP contribution in [0.5, 0.6) is 11.5 Å². The van der Waals surface area contributed by atoms with Crippen LogP contribution < -0.4 is 10.1 Å². The fraction of sp³-hybridized carbons (Fsp3) is 0.0952. The lowest BCUT2D eigenvalue weighted by Gasteiger charge is -2.08. The van der Waals surface area contributed by atoms with Gasteiger partial charge in [0, 0.05) is 11.9 Å². The maximum atomic E-state index is 12.9. The zero-order valence-electron chi connectivity index (χ0n) is 15.2. The summed E-state index contributed by atoms with van der Waals surface area (Å²) >= 11 is 2.95. The number of fused-ring (bicyclic) bond motifs is 1. The number of hydrogen-bond acceptors (Lipinski definition) is 6. The number of nitrogens with one attached hydrogen (secondary N) is 1. The van der Waals surface area contributed by atoms with Crippen LogP contribution in [0.2, 0.25) is 0 Å². The Morgan fingerprint density at radius 1 is 1.03 bits per heavy atom. The smallest absolute Gasteiger partial charge is 0.230 e. The van der Waals surface area contributed by atoms with Crippen LogP contribution in [-0.4, -0.2) is 21.6 Å². The van der Waals surface area contributed by atoms with Gasteiger partial charge in [-0.05, 0) is 53.4 Å². The molecule has 29 heavy (non-hydrogen) atoms. The second kappa shape index (κ2) is 9.02. The second-order valence-electron chi connectivity index (χ2n) is 6.08. The van der Waals surface area contributed by atoms with Crippen molar-refractivity contribution in [2.45, 2.75) is 11.6 Å². The topological polar surface area (TPSA) is 64.1 Å². The van der Waals surface area contributed by atoms with Gasteiger partial charge in [-0.15, -0.1) is 11.3 Å². The lowest BCUT2D eigenvalue weighted by Crippen LogP contribution is -2.24. The molecule has 0 unspecified atom stereocenters. The van der Waals surface area contributed by atoms with Crippen molar-refractivity contribution in [1.29, 1.82) is 0 Å². The molecule has 0 atom stereocenters. The summed E-state index contributed by atoms with van der Waals surface area (Å²) in [6.45, 7) is 0.424. The first-order valence-electron chi connectivity index (χ1n) is 8.77. The van der Waals surface area contributed by atoms with E-state index in [-0.39, 0.29) is 17.5 Å². The van der Waals surface area contributed by atoms with E-state index >= 15 is 0 Å². The molecule has 0 aliphatic rings. The van der Waals surface area contributed by atoms with Gasteiger partial charge in [0.15, 0.2) is 0 Å². The molecule has 4 rings (SSSR count). The van der Waals surface area contributed by atoms with Crippen molar-refractivity contribution in [3.63, 3.8) is 0 Å². The molecule has 0 bridgehead atoms. The molecule has 0 radical (unpaired) electrons. The molecule has 146 valence electrons. The maximum absolute atomic E-state index is 12.9. The molecule has 1 N–H and O–H groups in total. The minimum atomic E-state index is -0.305. The number of aromatic nitrogens is 2. The molecule has 5 nitrogen and oxygen atoms in total. The number of halogens is 1. The Morgan fingerprint density at radius 3 is 2.52 bits per heavy atom. The summed E-state index contributed by atoms with van der Waals surface area (Å²) in [5.41, 5.74) is 0.956. The predicted molar refractivity (Wildman–Crippen MR) is 113 cm³/mol. The number of carbonyl (C=O) groups is 1. The van der Waals surface area contributed by atoms with Gasteiger partial charge in [0.25, 0.3) is 0 Å². The van der Waals surface area contributed by atoms with Gasteiger partial charge in [0.1, 0.15) is 33.5 Å². The van der Waals surface area contributed by atoms with Crippen LogP contribution in [0.3, 0.4) is 0 Å².